The summed E-state index contributed by atoms with van der Waals surface area (Å²) in [6.07, 6.45) is -3.03. The molecule has 0 aliphatic carbocycles. The third-order valence-corrected chi connectivity index (χ3v) is 3.68. The Bertz CT molecular complexity index is 440. The van der Waals surface area contributed by atoms with Gasteiger partial charge in [-0.3, -0.25) is 4.79 Å². The maximum Gasteiger partial charge on any atom is 0.406 e. The number of carbonyl (C=O) groups excluding carboxylic acids is 1. The second kappa shape index (κ2) is 6.41. The van der Waals surface area contributed by atoms with Crippen LogP contribution in [0, 0.1) is 13.8 Å². The number of hydrogen-bond acceptors (Lipinski definition) is 2. The second-order valence-corrected chi connectivity index (χ2v) is 5.98. The molecule has 0 aliphatic heterocycles. The van der Waals surface area contributed by atoms with Crippen LogP contribution in [0.15, 0.2) is 6.07 Å². The van der Waals surface area contributed by atoms with Crippen LogP contribution >= 0.6 is 11.3 Å². The molecule has 0 fully saturated rings. The number of unbranched alkanes of at least 4 members (excludes halogenated alkanes) is 1. The van der Waals surface area contributed by atoms with Crippen molar-refractivity contribution in [3.63, 3.8) is 0 Å². The topological polar surface area (TPSA) is 20.3 Å². The van der Waals surface area contributed by atoms with E-state index in [-0.39, 0.29) is 6.54 Å². The smallest absolute Gasteiger partial charge is 0.330 e. The molecular weight excluding hydrogens is 275 g/mol. The SMILES string of the molecule is CCCCN(CC(F)(F)F)C(=O)c1cc(C)sc1C. The third-order valence-electron chi connectivity index (χ3n) is 2.71. The molecule has 2 nitrogen and oxygen atoms in total. The highest BCUT2D eigenvalue weighted by Crippen LogP contribution is 2.24. The highest BCUT2D eigenvalue weighted by atomic mass is 32.1. The monoisotopic (exact) mass is 293 g/mol. The number of thiophene rings is 1. The minimum absolute atomic E-state index is 0.142. The lowest BCUT2D eigenvalue weighted by molar-refractivity contribution is -0.140. The average Bonchev–Trinajstić information content (AvgIpc) is 2.61. The van der Waals surface area contributed by atoms with Crippen molar-refractivity contribution in [3.05, 3.63) is 21.4 Å². The Labute approximate surface area is 115 Å². The van der Waals surface area contributed by atoms with E-state index in [1.54, 1.807) is 13.0 Å². The van der Waals surface area contributed by atoms with Crippen LogP contribution in [0.1, 0.15) is 39.9 Å². The minimum atomic E-state index is -4.36. The quantitative estimate of drug-likeness (QED) is 0.798. The normalized spacial score (nSPS) is 11.7. The maximum atomic E-state index is 12.5. The number of halogens is 3. The number of carbonyl (C=O) groups is 1. The number of alkyl halides is 3. The van der Waals surface area contributed by atoms with Gasteiger partial charge in [0.25, 0.3) is 5.91 Å². The summed E-state index contributed by atoms with van der Waals surface area (Å²) >= 11 is 1.43. The Kier molecular flexibility index (Phi) is 5.40. The Morgan fingerprint density at radius 2 is 2.00 bits per heavy atom. The summed E-state index contributed by atoms with van der Waals surface area (Å²) in [4.78, 5) is 14.8. The molecular formula is C13H18F3NOS. The molecule has 0 bridgehead atoms. The van der Waals surface area contributed by atoms with Gasteiger partial charge in [0, 0.05) is 16.3 Å². The van der Waals surface area contributed by atoms with Crippen LogP contribution in [-0.2, 0) is 0 Å². The molecule has 1 rings (SSSR count). The Morgan fingerprint density at radius 3 is 2.42 bits per heavy atom. The van der Waals surface area contributed by atoms with Crippen LogP contribution < -0.4 is 0 Å². The maximum absolute atomic E-state index is 12.5. The molecule has 0 aliphatic rings. The zero-order valence-electron chi connectivity index (χ0n) is 11.3. The molecule has 0 aromatic carbocycles. The van der Waals surface area contributed by atoms with Gasteiger partial charge < -0.3 is 4.90 Å². The summed E-state index contributed by atoms with van der Waals surface area (Å²) in [5.74, 6) is -0.521. The van der Waals surface area contributed by atoms with Crippen molar-refractivity contribution in [3.8, 4) is 0 Å². The van der Waals surface area contributed by atoms with Gasteiger partial charge in [-0.25, -0.2) is 0 Å². The molecule has 0 atom stereocenters. The van der Waals surface area contributed by atoms with E-state index in [1.807, 2.05) is 13.8 Å². The van der Waals surface area contributed by atoms with E-state index in [0.29, 0.717) is 12.0 Å². The second-order valence-electron chi connectivity index (χ2n) is 4.52. The van der Waals surface area contributed by atoms with E-state index < -0.39 is 18.6 Å². The standard InChI is InChI=1S/C13H18F3NOS/c1-4-5-6-17(8-13(14,15)16)12(18)11-7-9(2)19-10(11)3/h7H,4-6,8H2,1-3H3. The van der Waals surface area contributed by atoms with Crippen molar-refractivity contribution in [2.75, 3.05) is 13.1 Å². The van der Waals surface area contributed by atoms with Crippen LogP contribution in [0.2, 0.25) is 0 Å². The van der Waals surface area contributed by atoms with Crippen LogP contribution in [0.3, 0.4) is 0 Å². The van der Waals surface area contributed by atoms with Gasteiger partial charge >= 0.3 is 6.18 Å². The molecule has 0 saturated heterocycles. The summed E-state index contributed by atoms with van der Waals surface area (Å²) in [6, 6.07) is 1.66. The van der Waals surface area contributed by atoms with Crippen LogP contribution in [0.25, 0.3) is 0 Å². The zero-order chi connectivity index (χ0) is 14.6. The first kappa shape index (κ1) is 16.0. The molecule has 108 valence electrons. The van der Waals surface area contributed by atoms with Gasteiger partial charge in [-0.05, 0) is 26.3 Å². The predicted molar refractivity (Wildman–Crippen MR) is 70.7 cm³/mol. The fourth-order valence-corrected chi connectivity index (χ4v) is 2.75. The van der Waals surface area contributed by atoms with Crippen molar-refractivity contribution in [1.29, 1.82) is 0 Å². The van der Waals surface area contributed by atoms with Gasteiger partial charge in [-0.2, -0.15) is 13.2 Å². The van der Waals surface area contributed by atoms with Crippen LogP contribution in [0.5, 0.6) is 0 Å². The van der Waals surface area contributed by atoms with Crippen LogP contribution in [0.4, 0.5) is 13.2 Å². The van der Waals surface area contributed by atoms with E-state index in [2.05, 4.69) is 0 Å². The lowest BCUT2D eigenvalue weighted by Gasteiger charge is -2.23. The van der Waals surface area contributed by atoms with Crippen LogP contribution in [-0.4, -0.2) is 30.1 Å². The number of hydrogen-bond donors (Lipinski definition) is 0. The Morgan fingerprint density at radius 1 is 1.37 bits per heavy atom. The van der Waals surface area contributed by atoms with E-state index in [4.69, 9.17) is 0 Å². The van der Waals surface area contributed by atoms with Crippen molar-refractivity contribution in [1.82, 2.24) is 4.90 Å². The van der Waals surface area contributed by atoms with Gasteiger partial charge in [0.05, 0.1) is 5.56 Å². The summed E-state index contributed by atoms with van der Waals surface area (Å²) in [6.45, 7) is 4.45. The first-order chi connectivity index (χ1) is 8.74. The first-order valence-electron chi connectivity index (χ1n) is 6.17. The molecule has 0 saturated carbocycles. The molecule has 1 amide bonds. The Hall–Kier alpha value is -1.04. The number of rotatable bonds is 5. The van der Waals surface area contributed by atoms with E-state index >= 15 is 0 Å². The lowest BCUT2D eigenvalue weighted by atomic mass is 10.2. The average molecular weight is 293 g/mol. The van der Waals surface area contributed by atoms with Gasteiger partial charge in [0.1, 0.15) is 6.54 Å². The molecule has 0 spiro atoms. The molecule has 0 unspecified atom stereocenters. The zero-order valence-corrected chi connectivity index (χ0v) is 12.1. The van der Waals surface area contributed by atoms with Gasteiger partial charge in [-0.1, -0.05) is 13.3 Å². The molecule has 1 aromatic heterocycles. The summed E-state index contributed by atoms with van der Waals surface area (Å²) in [5.41, 5.74) is 0.392. The van der Waals surface area contributed by atoms with E-state index in [1.165, 1.54) is 11.3 Å². The number of aryl methyl sites for hydroxylation is 2. The van der Waals surface area contributed by atoms with Crippen molar-refractivity contribution in [2.24, 2.45) is 0 Å². The van der Waals surface area contributed by atoms with Gasteiger partial charge in [-0.15, -0.1) is 11.3 Å². The van der Waals surface area contributed by atoms with E-state index in [9.17, 15) is 18.0 Å². The van der Waals surface area contributed by atoms with Gasteiger partial charge in [0.2, 0.25) is 0 Å². The molecule has 0 N–H and O–H groups in total. The van der Waals surface area contributed by atoms with Crippen molar-refractivity contribution < 1.29 is 18.0 Å². The summed E-state index contributed by atoms with van der Waals surface area (Å²) < 4.78 is 37.6. The summed E-state index contributed by atoms with van der Waals surface area (Å²) in [7, 11) is 0. The first-order valence-corrected chi connectivity index (χ1v) is 6.99. The number of amides is 1. The van der Waals surface area contributed by atoms with E-state index in [0.717, 1.165) is 21.1 Å². The van der Waals surface area contributed by atoms with Crippen molar-refractivity contribution >= 4 is 17.2 Å². The summed E-state index contributed by atoms with van der Waals surface area (Å²) in [5, 5.41) is 0. The Balaban J connectivity index is 2.90. The molecule has 0 radical (unpaired) electrons. The molecule has 1 aromatic rings. The predicted octanol–water partition coefficient (Wildman–Crippen LogP) is 4.17. The third kappa shape index (κ3) is 4.86. The molecule has 6 heteroatoms. The highest BCUT2D eigenvalue weighted by Gasteiger charge is 2.33. The lowest BCUT2D eigenvalue weighted by Crippen LogP contribution is -2.39. The molecule has 19 heavy (non-hydrogen) atoms. The highest BCUT2D eigenvalue weighted by molar-refractivity contribution is 7.12. The van der Waals surface area contributed by atoms with Gasteiger partial charge in [0.15, 0.2) is 0 Å². The molecule has 1 heterocycles. The minimum Gasteiger partial charge on any atom is -0.330 e. The fourth-order valence-electron chi connectivity index (χ4n) is 1.83. The fraction of sp³-hybridized carbons (Fsp3) is 0.615. The number of nitrogens with zero attached hydrogens (tertiary/aromatic N) is 1. The van der Waals surface area contributed by atoms with Crippen molar-refractivity contribution in [2.45, 2.75) is 39.8 Å². The largest absolute Gasteiger partial charge is 0.406 e.